The molecule has 0 aliphatic rings. The summed E-state index contributed by atoms with van der Waals surface area (Å²) >= 11 is 1.70. The Balaban J connectivity index is 2.36. The van der Waals surface area contributed by atoms with Gasteiger partial charge in [0.05, 0.1) is 4.92 Å². The number of benzene rings is 2. The van der Waals surface area contributed by atoms with E-state index in [9.17, 15) is 54.9 Å². The summed E-state index contributed by atoms with van der Waals surface area (Å²) in [5.41, 5.74) is -2.70. The number of rotatable bonds is 9. The van der Waals surface area contributed by atoms with Crippen LogP contribution in [-0.2, 0) is 19.6 Å². The third kappa shape index (κ3) is 8.02. The molecule has 12 nitrogen and oxygen atoms in total. The monoisotopic (exact) mass is 697 g/mol. The van der Waals surface area contributed by atoms with Crippen molar-refractivity contribution in [2.45, 2.75) is 18.4 Å². The van der Waals surface area contributed by atoms with Gasteiger partial charge in [-0.3, -0.25) is 19.5 Å². The van der Waals surface area contributed by atoms with Crippen molar-refractivity contribution >= 4 is 56.3 Å². The van der Waals surface area contributed by atoms with Crippen molar-refractivity contribution in [1.82, 2.24) is 0 Å². The summed E-state index contributed by atoms with van der Waals surface area (Å²) in [6.07, 6.45) is -4.95. The van der Waals surface area contributed by atoms with Gasteiger partial charge in [0.15, 0.2) is 6.61 Å². The van der Waals surface area contributed by atoms with Crippen molar-refractivity contribution in [2.24, 2.45) is 5.92 Å². The van der Waals surface area contributed by atoms with E-state index in [1.807, 2.05) is 0 Å². The molecule has 0 aromatic heterocycles. The molecule has 1 unspecified atom stereocenters. The van der Waals surface area contributed by atoms with Crippen molar-refractivity contribution in [1.29, 1.82) is 0 Å². The molecule has 0 amide bonds. The second kappa shape index (κ2) is 11.7. The summed E-state index contributed by atoms with van der Waals surface area (Å²) in [5, 5.41) is 6.27. The Bertz CT molecular complexity index is 1430. The molecule has 0 aliphatic carbocycles. The lowest BCUT2D eigenvalue weighted by molar-refractivity contribution is -0.385. The van der Waals surface area contributed by atoms with Gasteiger partial charge >= 0.3 is 39.5 Å². The topological polar surface area (TPSA) is 176 Å². The predicted octanol–water partition coefficient (Wildman–Crippen LogP) is 4.16. The Morgan fingerprint density at radius 1 is 1.03 bits per heavy atom. The van der Waals surface area contributed by atoms with Crippen molar-refractivity contribution in [3.63, 3.8) is 0 Å². The molecule has 0 fully saturated rings. The van der Waals surface area contributed by atoms with E-state index in [1.54, 1.807) is 22.6 Å². The second-order valence-electron chi connectivity index (χ2n) is 7.34. The second-order valence-corrected chi connectivity index (χ2v) is 10.1. The van der Waals surface area contributed by atoms with E-state index in [0.717, 1.165) is 18.2 Å². The van der Waals surface area contributed by atoms with Crippen molar-refractivity contribution in [3.05, 3.63) is 61.2 Å². The number of nitro groups is 1. The highest BCUT2D eigenvalue weighted by Gasteiger charge is 2.46. The summed E-state index contributed by atoms with van der Waals surface area (Å²) in [6, 6.07) is 5.21. The molecular weight excluding hydrogens is 684 g/mol. The zero-order chi connectivity index (χ0) is 29.9. The Morgan fingerprint density at radius 3 is 2.18 bits per heavy atom. The van der Waals surface area contributed by atoms with Gasteiger partial charge in [0, 0.05) is 15.7 Å². The number of nitro benzene ring substituents is 1. The molecular formula is C20H13F5INO11S. The van der Waals surface area contributed by atoms with Crippen LogP contribution in [0.3, 0.4) is 0 Å². The minimum absolute atomic E-state index is 0.327. The molecule has 0 spiro atoms. The molecule has 2 rings (SSSR count). The van der Waals surface area contributed by atoms with Crippen molar-refractivity contribution in [2.75, 3.05) is 6.61 Å². The van der Waals surface area contributed by atoms with Gasteiger partial charge < -0.3 is 14.2 Å². The average Bonchev–Trinajstić information content (AvgIpc) is 2.80. The van der Waals surface area contributed by atoms with Crippen LogP contribution in [0.25, 0.3) is 0 Å². The van der Waals surface area contributed by atoms with Crippen LogP contribution < -0.4 is 9.47 Å². The van der Waals surface area contributed by atoms with E-state index in [2.05, 4.69) is 4.74 Å². The number of carbonyl (C=O) groups excluding carboxylic acids is 3. The third-order valence-electron chi connectivity index (χ3n) is 4.56. The first-order chi connectivity index (χ1) is 17.7. The number of nitrogens with zero attached hydrogens (tertiary/aromatic N) is 1. The maximum Gasteiger partial charge on any atom is 0.402 e. The van der Waals surface area contributed by atoms with Crippen LogP contribution in [0.15, 0.2) is 36.4 Å². The van der Waals surface area contributed by atoms with Gasteiger partial charge in [-0.1, -0.05) is 0 Å². The van der Waals surface area contributed by atoms with Gasteiger partial charge in [-0.2, -0.15) is 30.4 Å². The van der Waals surface area contributed by atoms with Crippen LogP contribution in [0.5, 0.6) is 11.5 Å². The molecule has 1 atom stereocenters. The van der Waals surface area contributed by atoms with Crippen LogP contribution in [-0.4, -0.2) is 53.8 Å². The number of hydrogen-bond acceptors (Lipinski definition) is 10. The Morgan fingerprint density at radius 2 is 1.64 bits per heavy atom. The molecule has 39 heavy (non-hydrogen) atoms. The SMILES string of the molecule is CC(C(=O)Oc1cc(I)ccc1C(=O)Oc1ccc([N+](=O)[O-])c(C(=O)OCC(F)(F)S(=O)(=O)O)c1)C(F)(F)F. The normalized spacial score (nSPS) is 12.8. The minimum Gasteiger partial charge on any atom is -0.454 e. The van der Waals surface area contributed by atoms with E-state index in [-0.39, 0.29) is 0 Å². The van der Waals surface area contributed by atoms with Crippen LogP contribution in [0.1, 0.15) is 27.6 Å². The highest BCUT2D eigenvalue weighted by molar-refractivity contribution is 14.1. The molecule has 212 valence electrons. The van der Waals surface area contributed by atoms with E-state index in [1.165, 1.54) is 6.07 Å². The fourth-order valence-electron chi connectivity index (χ4n) is 2.44. The first-order valence-electron chi connectivity index (χ1n) is 9.85. The zero-order valence-corrected chi connectivity index (χ0v) is 21.9. The van der Waals surface area contributed by atoms with Crippen LogP contribution >= 0.6 is 22.6 Å². The number of hydrogen-bond donors (Lipinski definition) is 1. The van der Waals surface area contributed by atoms with Gasteiger partial charge in [0.2, 0.25) is 0 Å². The number of carbonyl (C=O) groups is 3. The first-order valence-corrected chi connectivity index (χ1v) is 12.4. The number of ether oxygens (including phenoxy) is 3. The maximum absolute atomic E-state index is 13.4. The molecule has 0 saturated heterocycles. The molecule has 0 radical (unpaired) electrons. The number of halogens is 6. The number of alkyl halides is 5. The first kappa shape index (κ1) is 31.8. The largest absolute Gasteiger partial charge is 0.454 e. The summed E-state index contributed by atoms with van der Waals surface area (Å²) in [4.78, 5) is 46.8. The van der Waals surface area contributed by atoms with Crippen molar-refractivity contribution in [3.8, 4) is 11.5 Å². The standard InChI is InChI=1S/C20H13F5INO11S/c1-9(20(23,24)25)16(28)38-15-6-10(26)2-4-12(15)18(30)37-11-3-5-14(27(31)32)13(7-11)17(29)36-8-19(21,22)39(33,34)35/h2-7,9H,8H2,1H3,(H,33,34,35). The molecule has 2 aromatic carbocycles. The third-order valence-corrected chi connectivity index (χ3v) is 6.11. The summed E-state index contributed by atoms with van der Waals surface area (Å²) in [7, 11) is -6.00. The van der Waals surface area contributed by atoms with Crippen LogP contribution in [0.2, 0.25) is 0 Å². The van der Waals surface area contributed by atoms with E-state index >= 15 is 0 Å². The number of esters is 3. The van der Waals surface area contributed by atoms with Crippen LogP contribution in [0.4, 0.5) is 27.6 Å². The van der Waals surface area contributed by atoms with Crippen LogP contribution in [0, 0.1) is 19.6 Å². The van der Waals surface area contributed by atoms with Gasteiger partial charge in [0.25, 0.3) is 5.69 Å². The van der Waals surface area contributed by atoms with Gasteiger partial charge in [-0.05, 0) is 53.8 Å². The average molecular weight is 697 g/mol. The molecule has 0 bridgehead atoms. The summed E-state index contributed by atoms with van der Waals surface area (Å²) < 4.78 is 109. The lowest BCUT2D eigenvalue weighted by Crippen LogP contribution is -2.34. The molecule has 1 N–H and O–H groups in total. The molecule has 0 saturated carbocycles. The minimum atomic E-state index is -6.00. The van der Waals surface area contributed by atoms with Gasteiger partial charge in [-0.25, -0.2) is 9.59 Å². The van der Waals surface area contributed by atoms with Gasteiger partial charge in [-0.15, -0.1) is 0 Å². The lowest BCUT2D eigenvalue weighted by Gasteiger charge is -2.16. The zero-order valence-electron chi connectivity index (χ0n) is 18.9. The molecule has 0 aliphatic heterocycles. The quantitative estimate of drug-likeness (QED) is 0.0758. The van der Waals surface area contributed by atoms with Gasteiger partial charge in [0.1, 0.15) is 28.5 Å². The van der Waals surface area contributed by atoms with E-state index < -0.39 is 85.2 Å². The lowest BCUT2D eigenvalue weighted by atomic mass is 10.1. The van der Waals surface area contributed by atoms with Crippen molar-refractivity contribution < 1.29 is 68.4 Å². The Hall–Kier alpha value is -3.46. The fraction of sp³-hybridized carbons (Fsp3) is 0.250. The van der Waals surface area contributed by atoms with E-state index in [4.69, 9.17) is 14.0 Å². The molecule has 19 heteroatoms. The highest BCUT2D eigenvalue weighted by atomic mass is 127. The maximum atomic E-state index is 13.4. The Labute approximate surface area is 228 Å². The fourth-order valence-corrected chi connectivity index (χ4v) is 3.12. The smallest absolute Gasteiger partial charge is 0.402 e. The highest BCUT2D eigenvalue weighted by Crippen LogP contribution is 2.31. The van der Waals surface area contributed by atoms with E-state index in [0.29, 0.717) is 22.6 Å². The molecule has 2 aromatic rings. The summed E-state index contributed by atoms with van der Waals surface area (Å²) in [6.45, 7) is -1.70. The summed E-state index contributed by atoms with van der Waals surface area (Å²) in [5.74, 6) is -8.83. The Kier molecular flexibility index (Phi) is 9.56. The predicted molar refractivity (Wildman–Crippen MR) is 125 cm³/mol. The molecule has 0 heterocycles.